The van der Waals surface area contributed by atoms with Gasteiger partial charge in [0, 0.05) is 35.9 Å². The van der Waals surface area contributed by atoms with Gasteiger partial charge in [-0.2, -0.15) is 0 Å². The van der Waals surface area contributed by atoms with Gasteiger partial charge in [0.1, 0.15) is 11.2 Å². The Bertz CT molecular complexity index is 1480. The number of imidazole rings is 1. The Morgan fingerprint density at radius 2 is 1.73 bits per heavy atom. The van der Waals surface area contributed by atoms with E-state index in [9.17, 15) is 9.90 Å². The lowest BCUT2D eigenvalue weighted by molar-refractivity contribution is 0.238. The molecule has 2 N–H and O–H groups in total. The lowest BCUT2D eigenvalue weighted by Crippen LogP contribution is -2.35. The van der Waals surface area contributed by atoms with Crippen molar-refractivity contribution in [2.24, 2.45) is 7.05 Å². The number of hydrogen-bond donors (Lipinski definition) is 2. The highest BCUT2D eigenvalue weighted by molar-refractivity contribution is 6.30. The molecule has 1 unspecified atom stereocenters. The second-order valence-corrected chi connectivity index (χ2v) is 8.50. The van der Waals surface area contributed by atoms with Crippen LogP contribution in [0.2, 0.25) is 5.02 Å². The van der Waals surface area contributed by atoms with Crippen molar-refractivity contribution in [2.75, 3.05) is 6.61 Å². The Kier molecular flexibility index (Phi) is 5.36. The van der Waals surface area contributed by atoms with Gasteiger partial charge in [-0.05, 0) is 46.5 Å². The van der Waals surface area contributed by atoms with Crippen LogP contribution in [0.15, 0.2) is 96.1 Å². The lowest BCUT2D eigenvalue weighted by Gasteiger charge is -2.32. The predicted molar refractivity (Wildman–Crippen MR) is 132 cm³/mol. The zero-order valence-electron chi connectivity index (χ0n) is 18.0. The molecule has 0 bridgehead atoms. The largest absolute Gasteiger partial charge is 0.395 e. The first-order valence-electron chi connectivity index (χ1n) is 10.6. The number of aromatic nitrogens is 3. The molecule has 2 aromatic heterocycles. The summed E-state index contributed by atoms with van der Waals surface area (Å²) in [5, 5.41) is 12.4. The van der Waals surface area contributed by atoms with Crippen LogP contribution in [-0.2, 0) is 12.5 Å². The Morgan fingerprint density at radius 3 is 2.39 bits per heavy atom. The molecular formula is C27H22ClN3O2. The fourth-order valence-electron chi connectivity index (χ4n) is 4.51. The van der Waals surface area contributed by atoms with Crippen molar-refractivity contribution in [3.05, 3.63) is 124 Å². The summed E-state index contributed by atoms with van der Waals surface area (Å²) in [4.78, 5) is 20.4. The predicted octanol–water partition coefficient (Wildman–Crippen LogP) is 4.91. The van der Waals surface area contributed by atoms with E-state index >= 15 is 0 Å². The van der Waals surface area contributed by atoms with E-state index in [4.69, 9.17) is 11.6 Å². The first-order chi connectivity index (χ1) is 16.0. The van der Waals surface area contributed by atoms with Gasteiger partial charge in [-0.25, -0.2) is 4.98 Å². The Hall–Kier alpha value is -3.67. The van der Waals surface area contributed by atoms with Gasteiger partial charge in [0.25, 0.3) is 5.56 Å². The molecule has 0 radical (unpaired) electrons. The molecule has 164 valence electrons. The third-order valence-corrected chi connectivity index (χ3v) is 6.55. The van der Waals surface area contributed by atoms with E-state index in [1.165, 1.54) is 0 Å². The molecule has 0 aliphatic carbocycles. The van der Waals surface area contributed by atoms with Crippen molar-refractivity contribution < 1.29 is 5.11 Å². The molecule has 3 aromatic carbocycles. The maximum absolute atomic E-state index is 12.7. The molecule has 5 rings (SSSR count). The number of aliphatic hydroxyl groups excluding tert-OH is 1. The van der Waals surface area contributed by atoms with Crippen LogP contribution >= 0.6 is 11.6 Å². The highest BCUT2D eigenvalue weighted by Gasteiger charge is 2.38. The average Bonchev–Trinajstić information content (AvgIpc) is 3.39. The van der Waals surface area contributed by atoms with Crippen LogP contribution in [0.3, 0.4) is 0 Å². The van der Waals surface area contributed by atoms with E-state index in [-0.39, 0.29) is 12.2 Å². The molecule has 0 amide bonds. The van der Waals surface area contributed by atoms with Crippen molar-refractivity contribution in [1.82, 2.24) is 14.5 Å². The van der Waals surface area contributed by atoms with Gasteiger partial charge in [0.2, 0.25) is 0 Å². The highest BCUT2D eigenvalue weighted by Crippen LogP contribution is 2.40. The number of aromatic amines is 1. The van der Waals surface area contributed by atoms with Crippen LogP contribution in [0.1, 0.15) is 17.0 Å². The molecule has 0 fully saturated rings. The molecule has 0 aliphatic heterocycles. The fourth-order valence-corrected chi connectivity index (χ4v) is 4.64. The van der Waals surface area contributed by atoms with Crippen LogP contribution in [-0.4, -0.2) is 26.2 Å². The second kappa shape index (κ2) is 8.35. The second-order valence-electron chi connectivity index (χ2n) is 8.06. The van der Waals surface area contributed by atoms with E-state index in [2.05, 4.69) is 9.97 Å². The van der Waals surface area contributed by atoms with Gasteiger partial charge in [-0.3, -0.25) is 4.79 Å². The normalized spacial score (nSPS) is 13.2. The third kappa shape index (κ3) is 3.46. The maximum atomic E-state index is 12.7. The van der Waals surface area contributed by atoms with E-state index in [0.717, 1.165) is 33.2 Å². The molecule has 0 saturated heterocycles. The number of aryl methyl sites for hydroxylation is 1. The smallest absolute Gasteiger partial charge is 0.251 e. The van der Waals surface area contributed by atoms with Crippen molar-refractivity contribution in [3.63, 3.8) is 0 Å². The lowest BCUT2D eigenvalue weighted by atomic mass is 9.73. The van der Waals surface area contributed by atoms with Crippen LogP contribution in [0, 0.1) is 0 Å². The fraction of sp³-hybridized carbons (Fsp3) is 0.111. The molecule has 5 aromatic rings. The Morgan fingerprint density at radius 1 is 1.00 bits per heavy atom. The molecule has 1 atom stereocenters. The van der Waals surface area contributed by atoms with Crippen molar-refractivity contribution >= 4 is 22.5 Å². The molecule has 0 spiro atoms. The number of benzene rings is 3. The number of fused-ring (bicyclic) bond motifs is 1. The summed E-state index contributed by atoms with van der Waals surface area (Å²) in [7, 11) is 1.77. The van der Waals surface area contributed by atoms with E-state index in [0.29, 0.717) is 10.8 Å². The van der Waals surface area contributed by atoms with Crippen LogP contribution < -0.4 is 5.56 Å². The molecule has 2 heterocycles. The number of halogens is 1. The van der Waals surface area contributed by atoms with Gasteiger partial charge >= 0.3 is 0 Å². The summed E-state index contributed by atoms with van der Waals surface area (Å²) in [5.41, 5.74) is 3.30. The summed E-state index contributed by atoms with van der Waals surface area (Å²) >= 11 is 6.16. The van der Waals surface area contributed by atoms with Crippen LogP contribution in [0.5, 0.6) is 0 Å². The zero-order valence-corrected chi connectivity index (χ0v) is 18.8. The number of H-pyrrole nitrogens is 1. The summed E-state index contributed by atoms with van der Waals surface area (Å²) < 4.78 is 1.64. The van der Waals surface area contributed by atoms with Crippen LogP contribution in [0.25, 0.3) is 22.0 Å². The van der Waals surface area contributed by atoms with E-state index in [1.807, 2.05) is 72.8 Å². The summed E-state index contributed by atoms with van der Waals surface area (Å²) in [6.45, 7) is -0.208. The molecule has 6 heteroatoms. The number of hydrogen-bond acceptors (Lipinski definition) is 3. The van der Waals surface area contributed by atoms with Gasteiger partial charge in [0.05, 0.1) is 12.1 Å². The standard InChI is InChI=1S/C27H22ClN3O2/c1-31-24-12-9-20(15-23(24)22(16-25(31)33)18-5-3-2-4-6-18)27(17-32,26-29-13-14-30-26)19-7-10-21(28)11-8-19/h2-16,32H,17H2,1H3,(H,29,30). The van der Waals surface area contributed by atoms with Gasteiger partial charge in [-0.15, -0.1) is 0 Å². The van der Waals surface area contributed by atoms with Crippen LogP contribution in [0.4, 0.5) is 0 Å². The van der Waals surface area contributed by atoms with Crippen molar-refractivity contribution in [1.29, 1.82) is 0 Å². The first kappa shape index (κ1) is 21.2. The zero-order chi connectivity index (χ0) is 23.0. The van der Waals surface area contributed by atoms with Gasteiger partial charge in [0.15, 0.2) is 0 Å². The number of nitrogens with one attached hydrogen (secondary N) is 1. The first-order valence-corrected chi connectivity index (χ1v) is 11.0. The summed E-state index contributed by atoms with van der Waals surface area (Å²) in [6.07, 6.45) is 3.42. The minimum Gasteiger partial charge on any atom is -0.395 e. The van der Waals surface area contributed by atoms with Gasteiger partial charge in [-0.1, -0.05) is 60.1 Å². The minimum atomic E-state index is -0.940. The SMILES string of the molecule is Cn1c(=O)cc(-c2ccccc2)c2cc(C(CO)(c3ccc(Cl)cc3)c3ncc[nH]3)ccc21. The molecule has 0 aliphatic rings. The number of aliphatic hydroxyl groups is 1. The van der Waals surface area contributed by atoms with E-state index in [1.54, 1.807) is 30.1 Å². The molecule has 0 saturated carbocycles. The highest BCUT2D eigenvalue weighted by atomic mass is 35.5. The number of nitrogens with zero attached hydrogens (tertiary/aromatic N) is 2. The molecular weight excluding hydrogens is 434 g/mol. The summed E-state index contributed by atoms with van der Waals surface area (Å²) in [6, 6.07) is 24.9. The number of pyridine rings is 1. The maximum Gasteiger partial charge on any atom is 0.251 e. The Balaban J connectivity index is 1.85. The average molecular weight is 456 g/mol. The quantitative estimate of drug-likeness (QED) is 0.395. The summed E-state index contributed by atoms with van der Waals surface area (Å²) in [5.74, 6) is 0.623. The molecule has 33 heavy (non-hydrogen) atoms. The number of rotatable bonds is 5. The topological polar surface area (TPSA) is 70.9 Å². The van der Waals surface area contributed by atoms with Crippen molar-refractivity contribution in [3.8, 4) is 11.1 Å². The third-order valence-electron chi connectivity index (χ3n) is 6.30. The monoisotopic (exact) mass is 455 g/mol. The molecule has 5 nitrogen and oxygen atoms in total. The van der Waals surface area contributed by atoms with E-state index < -0.39 is 5.41 Å². The Labute approximate surface area is 195 Å². The van der Waals surface area contributed by atoms with Gasteiger partial charge < -0.3 is 14.7 Å². The van der Waals surface area contributed by atoms with Crippen molar-refractivity contribution in [2.45, 2.75) is 5.41 Å². The minimum absolute atomic E-state index is 0.0775.